The zero-order valence-corrected chi connectivity index (χ0v) is 10.7. The van der Waals surface area contributed by atoms with Crippen molar-refractivity contribution >= 4 is 23.2 Å². The van der Waals surface area contributed by atoms with Crippen LogP contribution in [0.25, 0.3) is 0 Å². The maximum absolute atomic E-state index is 6.01. The van der Waals surface area contributed by atoms with Gasteiger partial charge in [-0.1, -0.05) is 53.5 Å². The fourth-order valence-corrected chi connectivity index (χ4v) is 2.47. The van der Waals surface area contributed by atoms with Crippen LogP contribution >= 0.6 is 23.2 Å². The van der Waals surface area contributed by atoms with Gasteiger partial charge in [-0.3, -0.25) is 0 Å². The quantitative estimate of drug-likeness (QED) is 0.889. The third kappa shape index (κ3) is 3.01. The molecule has 0 spiro atoms. The van der Waals surface area contributed by atoms with Crippen molar-refractivity contribution in [3.63, 3.8) is 0 Å². The van der Waals surface area contributed by atoms with E-state index < -0.39 is 0 Å². The lowest BCUT2D eigenvalue weighted by molar-refractivity contribution is 0.819. The smallest absolute Gasteiger partial charge is 0.0423 e. The summed E-state index contributed by atoms with van der Waals surface area (Å²) in [5.74, 6) is 0.132. The number of benzene rings is 2. The average Bonchev–Trinajstić information content (AvgIpc) is 2.30. The predicted molar refractivity (Wildman–Crippen MR) is 73.8 cm³/mol. The summed E-state index contributed by atoms with van der Waals surface area (Å²) >= 11 is 12.0. The summed E-state index contributed by atoms with van der Waals surface area (Å²) in [6.45, 7) is 0.528. The molecule has 0 aromatic heterocycles. The van der Waals surface area contributed by atoms with Crippen molar-refractivity contribution in [2.75, 3.05) is 6.54 Å². The molecule has 1 atom stereocenters. The molecule has 3 heteroatoms. The number of nitrogens with two attached hydrogens (primary N) is 1. The molecule has 2 N–H and O–H groups in total. The number of hydrogen-bond donors (Lipinski definition) is 1. The Hall–Kier alpha value is -1.02. The van der Waals surface area contributed by atoms with Gasteiger partial charge in [-0.05, 0) is 29.3 Å². The minimum atomic E-state index is 0.132. The fourth-order valence-electron chi connectivity index (χ4n) is 1.93. The second kappa shape index (κ2) is 5.54. The first-order chi connectivity index (χ1) is 8.20. The van der Waals surface area contributed by atoms with Gasteiger partial charge in [0.1, 0.15) is 0 Å². The zero-order valence-electron chi connectivity index (χ0n) is 9.24. The molecule has 17 heavy (non-hydrogen) atoms. The molecule has 1 nitrogen and oxygen atoms in total. The highest BCUT2D eigenvalue weighted by Gasteiger charge is 2.13. The first-order valence-corrected chi connectivity index (χ1v) is 6.17. The summed E-state index contributed by atoms with van der Waals surface area (Å²) < 4.78 is 0. The predicted octanol–water partition coefficient (Wildman–Crippen LogP) is 4.08. The minimum absolute atomic E-state index is 0.132. The Balaban J connectivity index is 2.42. The second-order valence-electron chi connectivity index (χ2n) is 3.90. The Morgan fingerprint density at radius 1 is 0.882 bits per heavy atom. The molecule has 0 saturated heterocycles. The van der Waals surface area contributed by atoms with Gasteiger partial charge < -0.3 is 5.73 Å². The van der Waals surface area contributed by atoms with Crippen LogP contribution < -0.4 is 5.73 Å². The van der Waals surface area contributed by atoms with Crippen LogP contribution in [-0.2, 0) is 0 Å². The highest BCUT2D eigenvalue weighted by Crippen LogP contribution is 2.28. The molecule has 2 aromatic carbocycles. The average molecular weight is 266 g/mol. The minimum Gasteiger partial charge on any atom is -0.330 e. The summed E-state index contributed by atoms with van der Waals surface area (Å²) in [4.78, 5) is 0. The molecule has 0 aliphatic heterocycles. The van der Waals surface area contributed by atoms with Crippen LogP contribution in [0, 0.1) is 0 Å². The third-order valence-corrected chi connectivity index (χ3v) is 3.16. The van der Waals surface area contributed by atoms with Crippen LogP contribution in [0.5, 0.6) is 0 Å². The van der Waals surface area contributed by atoms with Crippen LogP contribution in [0.4, 0.5) is 0 Å². The van der Waals surface area contributed by atoms with Crippen molar-refractivity contribution < 1.29 is 0 Å². The first kappa shape index (κ1) is 12.4. The molecule has 0 aliphatic carbocycles. The molecule has 88 valence electrons. The van der Waals surface area contributed by atoms with Crippen molar-refractivity contribution in [2.45, 2.75) is 5.92 Å². The summed E-state index contributed by atoms with van der Waals surface area (Å²) in [6, 6.07) is 15.7. The van der Waals surface area contributed by atoms with E-state index in [4.69, 9.17) is 28.9 Å². The van der Waals surface area contributed by atoms with Gasteiger partial charge in [0.25, 0.3) is 0 Å². The van der Waals surface area contributed by atoms with Gasteiger partial charge in [0, 0.05) is 22.5 Å². The van der Waals surface area contributed by atoms with Crippen molar-refractivity contribution in [1.82, 2.24) is 0 Å². The van der Waals surface area contributed by atoms with Crippen LogP contribution in [0.1, 0.15) is 17.0 Å². The van der Waals surface area contributed by atoms with Gasteiger partial charge in [-0.15, -0.1) is 0 Å². The summed E-state index contributed by atoms with van der Waals surface area (Å²) in [5, 5.41) is 1.28. The number of rotatable bonds is 3. The maximum atomic E-state index is 6.01. The van der Waals surface area contributed by atoms with E-state index in [9.17, 15) is 0 Å². The van der Waals surface area contributed by atoms with E-state index in [-0.39, 0.29) is 5.92 Å². The maximum Gasteiger partial charge on any atom is 0.0423 e. The van der Waals surface area contributed by atoms with Gasteiger partial charge in [-0.2, -0.15) is 0 Å². The van der Waals surface area contributed by atoms with Gasteiger partial charge in [-0.25, -0.2) is 0 Å². The Labute approximate surface area is 111 Å². The molecule has 0 radical (unpaired) electrons. The third-order valence-electron chi connectivity index (χ3n) is 2.72. The lowest BCUT2D eigenvalue weighted by Gasteiger charge is -2.16. The van der Waals surface area contributed by atoms with Crippen LogP contribution in [-0.4, -0.2) is 6.54 Å². The monoisotopic (exact) mass is 265 g/mol. The molecule has 2 aromatic rings. The van der Waals surface area contributed by atoms with Gasteiger partial charge in [0.05, 0.1) is 0 Å². The molecular formula is C14H13Cl2N. The van der Waals surface area contributed by atoms with E-state index in [2.05, 4.69) is 12.1 Å². The summed E-state index contributed by atoms with van der Waals surface area (Å²) in [5.41, 5.74) is 8.08. The Kier molecular flexibility index (Phi) is 4.06. The Bertz CT molecular complexity index is 477. The molecule has 0 bridgehead atoms. The lowest BCUT2D eigenvalue weighted by atomic mass is 9.91. The first-order valence-electron chi connectivity index (χ1n) is 5.41. The topological polar surface area (TPSA) is 26.0 Å². The van der Waals surface area contributed by atoms with E-state index >= 15 is 0 Å². The van der Waals surface area contributed by atoms with Gasteiger partial charge in [0.2, 0.25) is 0 Å². The van der Waals surface area contributed by atoms with E-state index in [1.165, 1.54) is 5.56 Å². The SMILES string of the molecule is NC[C@H](c1ccccc1)c1cc(Cl)cc(Cl)c1. The highest BCUT2D eigenvalue weighted by atomic mass is 35.5. The normalized spacial score (nSPS) is 12.4. The van der Waals surface area contributed by atoms with Gasteiger partial charge in [0.15, 0.2) is 0 Å². The highest BCUT2D eigenvalue weighted by molar-refractivity contribution is 6.34. The Morgan fingerprint density at radius 3 is 2.00 bits per heavy atom. The van der Waals surface area contributed by atoms with Crippen molar-refractivity contribution in [3.05, 3.63) is 69.7 Å². The van der Waals surface area contributed by atoms with Crippen molar-refractivity contribution in [2.24, 2.45) is 5.73 Å². The molecular weight excluding hydrogens is 253 g/mol. The van der Waals surface area contributed by atoms with Crippen LogP contribution in [0.2, 0.25) is 10.0 Å². The number of halogens is 2. The lowest BCUT2D eigenvalue weighted by Crippen LogP contribution is -2.13. The van der Waals surface area contributed by atoms with E-state index in [1.807, 2.05) is 30.3 Å². The zero-order chi connectivity index (χ0) is 12.3. The Morgan fingerprint density at radius 2 is 1.47 bits per heavy atom. The molecule has 0 aliphatic rings. The molecule has 0 saturated carbocycles. The summed E-state index contributed by atoms with van der Waals surface area (Å²) in [6.07, 6.45) is 0. The molecule has 0 amide bonds. The van der Waals surface area contributed by atoms with Crippen molar-refractivity contribution in [3.8, 4) is 0 Å². The van der Waals surface area contributed by atoms with Crippen LogP contribution in [0.3, 0.4) is 0 Å². The molecule has 0 fully saturated rings. The van der Waals surface area contributed by atoms with E-state index in [0.717, 1.165) is 5.56 Å². The van der Waals surface area contributed by atoms with E-state index in [0.29, 0.717) is 16.6 Å². The number of hydrogen-bond acceptors (Lipinski definition) is 1. The largest absolute Gasteiger partial charge is 0.330 e. The van der Waals surface area contributed by atoms with E-state index in [1.54, 1.807) is 6.07 Å². The second-order valence-corrected chi connectivity index (χ2v) is 4.77. The van der Waals surface area contributed by atoms with Gasteiger partial charge >= 0.3 is 0 Å². The van der Waals surface area contributed by atoms with Crippen LogP contribution in [0.15, 0.2) is 48.5 Å². The summed E-state index contributed by atoms with van der Waals surface area (Å²) in [7, 11) is 0. The standard InChI is InChI=1S/C14H13Cl2N/c15-12-6-11(7-13(16)8-12)14(9-17)10-4-2-1-3-5-10/h1-8,14H,9,17H2/t14-/m1/s1. The molecule has 2 rings (SSSR count). The molecule has 0 heterocycles. The fraction of sp³-hybridized carbons (Fsp3) is 0.143. The van der Waals surface area contributed by atoms with Crippen molar-refractivity contribution in [1.29, 1.82) is 0 Å². The molecule has 0 unspecified atom stereocenters.